The molecular weight excluding hydrogens is 761 g/mol. The van der Waals surface area contributed by atoms with Crippen LogP contribution in [0.1, 0.15) is 251 Å². The van der Waals surface area contributed by atoms with Crippen molar-refractivity contribution in [2.75, 3.05) is 19.8 Å². The molecule has 0 bridgehead atoms. The molecule has 0 radical (unpaired) electrons. The number of hydrogen-bond donors (Lipinski definition) is 4. The van der Waals surface area contributed by atoms with Gasteiger partial charge in [-0.3, -0.25) is 9.59 Å². The molecule has 6 atom stereocenters. The van der Waals surface area contributed by atoms with E-state index >= 15 is 0 Å². The minimum Gasteiger partial charge on any atom is -0.462 e. The Bertz CT molecular complexity index is 948. The first-order valence-corrected chi connectivity index (χ1v) is 25.6. The van der Waals surface area contributed by atoms with Gasteiger partial charge in [0.2, 0.25) is 0 Å². The first-order chi connectivity index (χ1) is 29.3. The Hall–Kier alpha value is -1.30. The molecule has 10 nitrogen and oxygen atoms in total. The number of esters is 2. The van der Waals surface area contributed by atoms with Crippen molar-refractivity contribution in [1.29, 1.82) is 0 Å². The number of aliphatic hydroxyl groups excluding tert-OH is 4. The topological polar surface area (TPSA) is 152 Å². The average Bonchev–Trinajstić information content (AvgIpc) is 3.25. The molecule has 1 aliphatic rings. The standard InChI is InChI=1S/C50H96O10/c1-3-5-7-9-11-13-15-17-19-21-23-25-27-29-31-33-35-37-39-46(53)59-43(42-58-50-49(56)48(55)47(54)44(40-51)60-50)41-57-45(52)38-36-34-32-30-28-26-24-22-20-18-16-14-12-10-8-6-4-2/h43-44,47-51,54-56H,3-42H2,1-2H3/t43-,44-,47+,48?,49?,50-/m1/s1. The summed E-state index contributed by atoms with van der Waals surface area (Å²) in [4.78, 5) is 25.4. The van der Waals surface area contributed by atoms with Crippen molar-refractivity contribution in [3.05, 3.63) is 0 Å². The van der Waals surface area contributed by atoms with E-state index in [1.807, 2.05) is 0 Å². The maximum atomic E-state index is 12.8. The zero-order valence-corrected chi connectivity index (χ0v) is 39.0. The van der Waals surface area contributed by atoms with Crippen molar-refractivity contribution >= 4 is 11.9 Å². The molecule has 1 rings (SSSR count). The second-order valence-electron chi connectivity index (χ2n) is 18.0. The van der Waals surface area contributed by atoms with E-state index in [0.717, 1.165) is 38.5 Å². The number of carbonyl (C=O) groups excluding carboxylic acids is 2. The van der Waals surface area contributed by atoms with Crippen molar-refractivity contribution < 1.29 is 49.0 Å². The van der Waals surface area contributed by atoms with Crippen LogP contribution in [0.5, 0.6) is 0 Å². The molecule has 0 saturated carbocycles. The van der Waals surface area contributed by atoms with Gasteiger partial charge in [0.15, 0.2) is 12.4 Å². The molecule has 0 aromatic heterocycles. The van der Waals surface area contributed by atoms with E-state index in [2.05, 4.69) is 13.8 Å². The lowest BCUT2D eigenvalue weighted by atomic mass is 9.99. The van der Waals surface area contributed by atoms with E-state index < -0.39 is 49.4 Å². The van der Waals surface area contributed by atoms with E-state index in [0.29, 0.717) is 6.42 Å². The summed E-state index contributed by atoms with van der Waals surface area (Å²) in [5, 5.41) is 40.2. The third-order valence-electron chi connectivity index (χ3n) is 12.2. The van der Waals surface area contributed by atoms with E-state index in [9.17, 15) is 30.0 Å². The van der Waals surface area contributed by atoms with Crippen molar-refractivity contribution in [2.24, 2.45) is 0 Å². The minimum absolute atomic E-state index is 0.208. The summed E-state index contributed by atoms with van der Waals surface area (Å²) in [7, 11) is 0. The lowest BCUT2D eigenvalue weighted by molar-refractivity contribution is -0.305. The Kier molecular flexibility index (Phi) is 39.4. The molecule has 60 heavy (non-hydrogen) atoms. The fourth-order valence-electron chi connectivity index (χ4n) is 8.19. The predicted octanol–water partition coefficient (Wildman–Crippen LogP) is 11.7. The van der Waals surface area contributed by atoms with Gasteiger partial charge in [0.25, 0.3) is 0 Å². The first-order valence-electron chi connectivity index (χ1n) is 25.6. The molecule has 1 heterocycles. The molecule has 356 valence electrons. The lowest BCUT2D eigenvalue weighted by Crippen LogP contribution is -2.59. The van der Waals surface area contributed by atoms with Gasteiger partial charge in [0.1, 0.15) is 31.0 Å². The minimum atomic E-state index is -1.59. The summed E-state index contributed by atoms with van der Waals surface area (Å²) >= 11 is 0. The lowest BCUT2D eigenvalue weighted by Gasteiger charge is -2.39. The number of rotatable bonds is 44. The third-order valence-corrected chi connectivity index (χ3v) is 12.2. The molecule has 1 saturated heterocycles. The normalized spacial score (nSPS) is 19.7. The molecule has 0 amide bonds. The quantitative estimate of drug-likeness (QED) is 0.0344. The Morgan fingerprint density at radius 2 is 0.783 bits per heavy atom. The summed E-state index contributed by atoms with van der Waals surface area (Å²) < 4.78 is 22.3. The monoisotopic (exact) mass is 857 g/mol. The molecule has 1 aliphatic heterocycles. The van der Waals surface area contributed by atoms with Gasteiger partial charge in [-0.05, 0) is 12.8 Å². The van der Waals surface area contributed by atoms with Crippen LogP contribution in [0.4, 0.5) is 0 Å². The van der Waals surface area contributed by atoms with Crippen molar-refractivity contribution in [1.82, 2.24) is 0 Å². The second-order valence-corrected chi connectivity index (χ2v) is 18.0. The smallest absolute Gasteiger partial charge is 0.306 e. The van der Waals surface area contributed by atoms with Gasteiger partial charge < -0.3 is 39.4 Å². The van der Waals surface area contributed by atoms with Gasteiger partial charge in [-0.2, -0.15) is 0 Å². The zero-order chi connectivity index (χ0) is 43.7. The van der Waals surface area contributed by atoms with Crippen LogP contribution in [0, 0.1) is 0 Å². The summed E-state index contributed by atoms with van der Waals surface area (Å²) in [6.45, 7) is 3.48. The first kappa shape index (κ1) is 56.7. The number of aliphatic hydroxyl groups is 4. The van der Waals surface area contributed by atoms with Crippen LogP contribution in [-0.2, 0) is 28.5 Å². The van der Waals surface area contributed by atoms with E-state index in [4.69, 9.17) is 18.9 Å². The second kappa shape index (κ2) is 41.7. The molecule has 2 unspecified atom stereocenters. The molecule has 10 heteroatoms. The Morgan fingerprint density at radius 3 is 1.13 bits per heavy atom. The van der Waals surface area contributed by atoms with Gasteiger partial charge in [-0.15, -0.1) is 0 Å². The highest BCUT2D eigenvalue weighted by molar-refractivity contribution is 5.70. The van der Waals surface area contributed by atoms with Gasteiger partial charge in [0.05, 0.1) is 13.2 Å². The number of ether oxygens (including phenoxy) is 4. The Morgan fingerprint density at radius 1 is 0.450 bits per heavy atom. The van der Waals surface area contributed by atoms with E-state index in [1.165, 1.54) is 180 Å². The maximum absolute atomic E-state index is 12.8. The van der Waals surface area contributed by atoms with Crippen LogP contribution in [0.25, 0.3) is 0 Å². The van der Waals surface area contributed by atoms with E-state index in [-0.39, 0.29) is 32.0 Å². The third kappa shape index (κ3) is 32.4. The van der Waals surface area contributed by atoms with Crippen LogP contribution >= 0.6 is 0 Å². The molecule has 0 aromatic carbocycles. The average molecular weight is 857 g/mol. The zero-order valence-electron chi connectivity index (χ0n) is 39.0. The Balaban J connectivity index is 2.25. The van der Waals surface area contributed by atoms with Crippen LogP contribution < -0.4 is 0 Å². The summed E-state index contributed by atoms with van der Waals surface area (Å²) in [6.07, 6.45) is 36.8. The van der Waals surface area contributed by atoms with Crippen LogP contribution in [0.2, 0.25) is 0 Å². The molecule has 0 aliphatic carbocycles. The van der Waals surface area contributed by atoms with Gasteiger partial charge in [-0.25, -0.2) is 0 Å². The molecule has 4 N–H and O–H groups in total. The van der Waals surface area contributed by atoms with Gasteiger partial charge in [0, 0.05) is 12.8 Å². The fourth-order valence-corrected chi connectivity index (χ4v) is 8.19. The van der Waals surface area contributed by atoms with Gasteiger partial charge in [-0.1, -0.05) is 226 Å². The van der Waals surface area contributed by atoms with Crippen molar-refractivity contribution in [3.63, 3.8) is 0 Å². The maximum Gasteiger partial charge on any atom is 0.306 e. The highest BCUT2D eigenvalue weighted by atomic mass is 16.7. The summed E-state index contributed by atoms with van der Waals surface area (Å²) in [5.74, 6) is -0.786. The predicted molar refractivity (Wildman–Crippen MR) is 243 cm³/mol. The van der Waals surface area contributed by atoms with Crippen molar-refractivity contribution in [2.45, 2.75) is 288 Å². The number of unbranched alkanes of at least 4 members (excludes halogenated alkanes) is 33. The van der Waals surface area contributed by atoms with Gasteiger partial charge >= 0.3 is 11.9 Å². The Labute approximate surface area is 368 Å². The molecule has 0 spiro atoms. The molecule has 1 fully saturated rings. The summed E-state index contributed by atoms with van der Waals surface area (Å²) in [6, 6.07) is 0. The van der Waals surface area contributed by atoms with Crippen LogP contribution in [-0.4, -0.2) is 89.0 Å². The highest BCUT2D eigenvalue weighted by Crippen LogP contribution is 2.23. The van der Waals surface area contributed by atoms with Crippen molar-refractivity contribution in [3.8, 4) is 0 Å². The van der Waals surface area contributed by atoms with Crippen LogP contribution in [0.15, 0.2) is 0 Å². The SMILES string of the molecule is CCCCCCCCCCCCCCCCCCCCC(=O)O[C@H](COC(=O)CCCCCCCCCCCCCCCCCCC)CO[C@@H]1O[C@H](CO)[C@H](O)C(O)C1O. The molecule has 0 aromatic rings. The summed E-state index contributed by atoms with van der Waals surface area (Å²) in [5.41, 5.74) is 0. The van der Waals surface area contributed by atoms with E-state index in [1.54, 1.807) is 0 Å². The number of hydrogen-bond acceptors (Lipinski definition) is 10. The fraction of sp³-hybridized carbons (Fsp3) is 0.960. The van der Waals surface area contributed by atoms with Crippen LogP contribution in [0.3, 0.4) is 0 Å². The largest absolute Gasteiger partial charge is 0.462 e. The molecular formula is C50H96O10. The highest BCUT2D eigenvalue weighted by Gasteiger charge is 2.44. The number of carbonyl (C=O) groups is 2.